The number of aryl methyl sites for hydroxylation is 1. The lowest BCUT2D eigenvalue weighted by molar-refractivity contribution is 0.569. The van der Waals surface area contributed by atoms with Crippen LogP contribution in [0.25, 0.3) is 49.7 Å². The van der Waals surface area contributed by atoms with Crippen molar-refractivity contribution >= 4 is 32.8 Å². The highest BCUT2D eigenvalue weighted by Gasteiger charge is 2.21. The van der Waals surface area contributed by atoms with Crippen molar-refractivity contribution in [3.63, 3.8) is 0 Å². The Labute approximate surface area is 213 Å². The van der Waals surface area contributed by atoms with E-state index in [1.54, 1.807) is 0 Å². The topological polar surface area (TPSA) is 9.86 Å². The molecule has 0 aliphatic carbocycles. The van der Waals surface area contributed by atoms with Crippen LogP contribution in [0.2, 0.25) is 0 Å². The lowest BCUT2D eigenvalue weighted by Crippen LogP contribution is -2.03. The Morgan fingerprint density at radius 2 is 1.22 bits per heavy atom. The Morgan fingerprint density at radius 1 is 0.556 bits per heavy atom. The minimum Gasteiger partial charge on any atom is -0.326 e. The second-order valence-electron chi connectivity index (χ2n) is 9.90. The fourth-order valence-corrected chi connectivity index (χ4v) is 5.76. The summed E-state index contributed by atoms with van der Waals surface area (Å²) < 4.78 is 5.08. The molecule has 0 saturated carbocycles. The standard InChI is InChI=1S/C34H34N2/c1-2-3-4-5-6-15-24-35-31-21-14-13-20-29(31)33-30-23-22-27(26-16-9-7-10-17-26)25-32(30)36(34(33)35)28-18-11-8-12-19-28/h7-14,16-23,25H,2-6,15,24H2,1H3. The van der Waals surface area contributed by atoms with Gasteiger partial charge in [-0.15, -0.1) is 0 Å². The first-order chi connectivity index (χ1) is 17.9. The average Bonchev–Trinajstić information content (AvgIpc) is 3.44. The van der Waals surface area contributed by atoms with Gasteiger partial charge in [-0.25, -0.2) is 0 Å². The molecule has 4 aromatic carbocycles. The minimum absolute atomic E-state index is 1.05. The second kappa shape index (κ2) is 10.1. The van der Waals surface area contributed by atoms with Crippen LogP contribution in [0.15, 0.2) is 103 Å². The molecule has 2 nitrogen and oxygen atoms in total. The summed E-state index contributed by atoms with van der Waals surface area (Å²) >= 11 is 0. The van der Waals surface area contributed by atoms with E-state index in [9.17, 15) is 0 Å². The van der Waals surface area contributed by atoms with Crippen molar-refractivity contribution in [3.05, 3.63) is 103 Å². The molecule has 2 heterocycles. The Hall–Kier alpha value is -3.78. The third kappa shape index (κ3) is 4.01. The molecule has 0 unspecified atom stereocenters. The molecule has 0 atom stereocenters. The van der Waals surface area contributed by atoms with Crippen LogP contribution in [-0.2, 0) is 6.54 Å². The van der Waals surface area contributed by atoms with Gasteiger partial charge in [-0.2, -0.15) is 0 Å². The van der Waals surface area contributed by atoms with Crippen LogP contribution in [0.1, 0.15) is 45.4 Å². The van der Waals surface area contributed by atoms with Gasteiger partial charge < -0.3 is 4.57 Å². The molecule has 0 spiro atoms. The molecule has 0 fully saturated rings. The van der Waals surface area contributed by atoms with Crippen molar-refractivity contribution in [2.75, 3.05) is 0 Å². The second-order valence-corrected chi connectivity index (χ2v) is 9.90. The van der Waals surface area contributed by atoms with E-state index in [1.807, 2.05) is 0 Å². The molecule has 0 aliphatic heterocycles. The summed E-state index contributed by atoms with van der Waals surface area (Å²) in [7, 11) is 0. The van der Waals surface area contributed by atoms with Crippen LogP contribution in [0, 0.1) is 0 Å². The average molecular weight is 471 g/mol. The van der Waals surface area contributed by atoms with Crippen molar-refractivity contribution in [2.24, 2.45) is 0 Å². The molecule has 2 aromatic heterocycles. The van der Waals surface area contributed by atoms with E-state index in [-0.39, 0.29) is 0 Å². The fraction of sp³-hybridized carbons (Fsp3) is 0.235. The van der Waals surface area contributed by atoms with Crippen molar-refractivity contribution in [3.8, 4) is 16.8 Å². The number of benzene rings is 4. The highest BCUT2D eigenvalue weighted by molar-refractivity contribution is 6.22. The number of para-hydroxylation sites is 2. The number of hydrogen-bond donors (Lipinski definition) is 0. The molecule has 0 aliphatic rings. The van der Waals surface area contributed by atoms with Gasteiger partial charge in [0.1, 0.15) is 5.65 Å². The number of unbranched alkanes of at least 4 members (excludes halogenated alkanes) is 5. The van der Waals surface area contributed by atoms with E-state index in [1.165, 1.54) is 88.2 Å². The van der Waals surface area contributed by atoms with Gasteiger partial charge in [0.25, 0.3) is 0 Å². The molecule has 6 rings (SSSR count). The van der Waals surface area contributed by atoms with Gasteiger partial charge in [0.15, 0.2) is 0 Å². The first-order valence-electron chi connectivity index (χ1n) is 13.5. The number of nitrogens with zero attached hydrogens (tertiary/aromatic N) is 2. The Morgan fingerprint density at radius 3 is 2.03 bits per heavy atom. The third-order valence-corrected chi connectivity index (χ3v) is 7.52. The summed E-state index contributed by atoms with van der Waals surface area (Å²) in [4.78, 5) is 0. The highest BCUT2D eigenvalue weighted by atomic mass is 15.1. The maximum absolute atomic E-state index is 2.58. The third-order valence-electron chi connectivity index (χ3n) is 7.52. The molecule has 0 N–H and O–H groups in total. The zero-order valence-electron chi connectivity index (χ0n) is 21.2. The molecule has 0 bridgehead atoms. The maximum atomic E-state index is 2.58. The zero-order chi connectivity index (χ0) is 24.3. The Kier molecular flexibility index (Phi) is 6.34. The Balaban J connectivity index is 1.58. The van der Waals surface area contributed by atoms with Crippen LogP contribution < -0.4 is 0 Å². The number of rotatable bonds is 9. The monoisotopic (exact) mass is 470 g/mol. The summed E-state index contributed by atoms with van der Waals surface area (Å²) in [5.74, 6) is 0. The van der Waals surface area contributed by atoms with Gasteiger partial charge in [-0.1, -0.05) is 118 Å². The summed E-state index contributed by atoms with van der Waals surface area (Å²) in [6.45, 7) is 3.33. The van der Waals surface area contributed by atoms with Crippen LogP contribution >= 0.6 is 0 Å². The van der Waals surface area contributed by atoms with E-state index in [0.717, 1.165) is 6.54 Å². The summed E-state index contributed by atoms with van der Waals surface area (Å²) in [6, 6.07) is 37.6. The first-order valence-corrected chi connectivity index (χ1v) is 13.5. The van der Waals surface area contributed by atoms with Crippen molar-refractivity contribution in [1.29, 1.82) is 0 Å². The SMILES string of the molecule is CCCCCCCCn1c2ccccc2c2c3ccc(-c4ccccc4)cc3n(-c3ccccc3)c21. The van der Waals surface area contributed by atoms with Crippen LogP contribution in [0.3, 0.4) is 0 Å². The smallest absolute Gasteiger partial charge is 0.126 e. The minimum atomic E-state index is 1.05. The fourth-order valence-electron chi connectivity index (χ4n) is 5.76. The molecule has 180 valence electrons. The van der Waals surface area contributed by atoms with Gasteiger partial charge in [0.05, 0.1) is 11.0 Å². The van der Waals surface area contributed by atoms with E-state index in [2.05, 4.69) is 119 Å². The lowest BCUT2D eigenvalue weighted by Gasteiger charge is -2.13. The van der Waals surface area contributed by atoms with Gasteiger partial charge in [0, 0.05) is 28.4 Å². The van der Waals surface area contributed by atoms with Crippen LogP contribution in [0.4, 0.5) is 0 Å². The molecule has 0 radical (unpaired) electrons. The van der Waals surface area contributed by atoms with Gasteiger partial charge >= 0.3 is 0 Å². The molecular weight excluding hydrogens is 436 g/mol. The normalized spacial score (nSPS) is 11.7. The van der Waals surface area contributed by atoms with E-state index < -0.39 is 0 Å². The molecule has 2 heteroatoms. The van der Waals surface area contributed by atoms with Gasteiger partial charge in [0.2, 0.25) is 0 Å². The van der Waals surface area contributed by atoms with Gasteiger partial charge in [-0.3, -0.25) is 4.57 Å². The largest absolute Gasteiger partial charge is 0.326 e. The Bertz CT molecular complexity index is 1600. The molecule has 6 aromatic rings. The molecule has 0 amide bonds. The molecule has 0 saturated heterocycles. The predicted molar refractivity (Wildman–Crippen MR) is 155 cm³/mol. The maximum Gasteiger partial charge on any atom is 0.126 e. The summed E-state index contributed by atoms with van der Waals surface area (Å²) in [5, 5.41) is 4.05. The van der Waals surface area contributed by atoms with Crippen LogP contribution in [0.5, 0.6) is 0 Å². The quantitative estimate of drug-likeness (QED) is 0.186. The zero-order valence-corrected chi connectivity index (χ0v) is 21.2. The van der Waals surface area contributed by atoms with Crippen molar-refractivity contribution < 1.29 is 0 Å². The lowest BCUT2D eigenvalue weighted by atomic mass is 10.0. The number of hydrogen-bond acceptors (Lipinski definition) is 0. The first kappa shape index (κ1) is 22.7. The van der Waals surface area contributed by atoms with E-state index in [4.69, 9.17) is 0 Å². The van der Waals surface area contributed by atoms with Crippen LogP contribution in [-0.4, -0.2) is 9.13 Å². The number of aromatic nitrogens is 2. The number of fused-ring (bicyclic) bond motifs is 5. The van der Waals surface area contributed by atoms with E-state index in [0.29, 0.717) is 0 Å². The summed E-state index contributed by atoms with van der Waals surface area (Å²) in [5.41, 5.74) is 7.66. The van der Waals surface area contributed by atoms with Crippen molar-refractivity contribution in [1.82, 2.24) is 9.13 Å². The molecule has 36 heavy (non-hydrogen) atoms. The summed E-state index contributed by atoms with van der Waals surface area (Å²) in [6.07, 6.45) is 7.83. The molecular formula is C34H34N2. The van der Waals surface area contributed by atoms with Gasteiger partial charge in [-0.05, 0) is 41.8 Å². The van der Waals surface area contributed by atoms with E-state index >= 15 is 0 Å². The predicted octanol–water partition coefficient (Wildman–Crippen LogP) is 9.77. The highest BCUT2D eigenvalue weighted by Crippen LogP contribution is 2.40. The van der Waals surface area contributed by atoms with Crippen molar-refractivity contribution in [2.45, 2.75) is 52.0 Å².